The van der Waals surface area contributed by atoms with Crippen molar-refractivity contribution in [3.63, 3.8) is 0 Å². The van der Waals surface area contributed by atoms with Gasteiger partial charge in [-0.25, -0.2) is 4.39 Å². The maximum absolute atomic E-state index is 13.6. The van der Waals surface area contributed by atoms with Crippen molar-refractivity contribution < 1.29 is 14.3 Å². The standard InChI is InChI=1S/C19H25FN2O3/c1-4-19(5-2,6-7-23)11-22-18(25)15-10-21-16-12(3)8-13(20)9-14(16)17(15)24/h8-10,23H,4-7,11H2,1-3H3,(H,21,24)(H,22,25). The highest BCUT2D eigenvalue weighted by molar-refractivity contribution is 5.97. The number of aliphatic hydroxyl groups is 1. The zero-order chi connectivity index (χ0) is 18.6. The highest BCUT2D eigenvalue weighted by atomic mass is 19.1. The maximum Gasteiger partial charge on any atom is 0.256 e. The summed E-state index contributed by atoms with van der Waals surface area (Å²) in [6, 6.07) is 2.48. The Bertz CT molecular complexity index is 825. The number of fused-ring (bicyclic) bond motifs is 1. The molecule has 2 rings (SSSR count). The predicted octanol–water partition coefficient (Wildman–Crippen LogP) is 2.89. The number of carbonyl (C=O) groups excluding carboxylic acids is 1. The summed E-state index contributed by atoms with van der Waals surface area (Å²) >= 11 is 0. The summed E-state index contributed by atoms with van der Waals surface area (Å²) in [5.41, 5.74) is 0.409. The Labute approximate surface area is 146 Å². The van der Waals surface area contributed by atoms with Gasteiger partial charge in [0.15, 0.2) is 0 Å². The molecule has 1 heterocycles. The van der Waals surface area contributed by atoms with Crippen molar-refractivity contribution in [2.24, 2.45) is 5.41 Å². The number of amides is 1. The number of H-pyrrole nitrogens is 1. The lowest BCUT2D eigenvalue weighted by Gasteiger charge is -2.31. The molecule has 0 aliphatic carbocycles. The number of halogens is 1. The molecule has 0 unspecified atom stereocenters. The van der Waals surface area contributed by atoms with Crippen LogP contribution in [0.1, 0.15) is 49.0 Å². The molecule has 0 fully saturated rings. The first-order valence-electron chi connectivity index (χ1n) is 8.58. The molecular weight excluding hydrogens is 323 g/mol. The molecule has 0 bridgehead atoms. The lowest BCUT2D eigenvalue weighted by Crippen LogP contribution is -2.39. The average Bonchev–Trinajstić information content (AvgIpc) is 2.59. The van der Waals surface area contributed by atoms with Gasteiger partial charge in [-0.1, -0.05) is 13.8 Å². The molecule has 1 aromatic heterocycles. The quantitative estimate of drug-likeness (QED) is 0.719. The van der Waals surface area contributed by atoms with Gasteiger partial charge in [-0.3, -0.25) is 9.59 Å². The molecule has 6 heteroatoms. The Hall–Kier alpha value is -2.21. The molecule has 0 spiro atoms. The van der Waals surface area contributed by atoms with E-state index in [1.165, 1.54) is 12.3 Å². The monoisotopic (exact) mass is 348 g/mol. The van der Waals surface area contributed by atoms with Crippen LogP contribution in [0.25, 0.3) is 10.9 Å². The van der Waals surface area contributed by atoms with E-state index in [1.54, 1.807) is 6.92 Å². The fraction of sp³-hybridized carbons (Fsp3) is 0.474. The first kappa shape index (κ1) is 19.1. The van der Waals surface area contributed by atoms with Crippen molar-refractivity contribution in [2.45, 2.75) is 40.0 Å². The maximum atomic E-state index is 13.6. The van der Waals surface area contributed by atoms with Gasteiger partial charge >= 0.3 is 0 Å². The van der Waals surface area contributed by atoms with E-state index in [2.05, 4.69) is 10.3 Å². The van der Waals surface area contributed by atoms with Gasteiger partial charge in [0.25, 0.3) is 5.91 Å². The summed E-state index contributed by atoms with van der Waals surface area (Å²) in [6.45, 7) is 6.15. The van der Waals surface area contributed by atoms with Crippen LogP contribution in [0.2, 0.25) is 0 Å². The number of aromatic nitrogens is 1. The van der Waals surface area contributed by atoms with Crippen LogP contribution in [0.5, 0.6) is 0 Å². The minimum atomic E-state index is -0.507. The summed E-state index contributed by atoms with van der Waals surface area (Å²) in [5, 5.41) is 12.2. The molecule has 0 aliphatic rings. The van der Waals surface area contributed by atoms with Crippen LogP contribution in [0.4, 0.5) is 4.39 Å². The van der Waals surface area contributed by atoms with Gasteiger partial charge < -0.3 is 15.4 Å². The highest BCUT2D eigenvalue weighted by Gasteiger charge is 2.27. The van der Waals surface area contributed by atoms with E-state index < -0.39 is 17.2 Å². The van der Waals surface area contributed by atoms with Crippen LogP contribution < -0.4 is 10.7 Å². The third-order valence-electron chi connectivity index (χ3n) is 5.16. The first-order valence-corrected chi connectivity index (χ1v) is 8.58. The van der Waals surface area contributed by atoms with Crippen molar-refractivity contribution in [1.29, 1.82) is 0 Å². The molecule has 25 heavy (non-hydrogen) atoms. The average molecular weight is 348 g/mol. The first-order chi connectivity index (χ1) is 11.9. The van der Waals surface area contributed by atoms with Gasteiger partial charge in [0.1, 0.15) is 11.4 Å². The predicted molar refractivity (Wildman–Crippen MR) is 96.3 cm³/mol. The number of carbonyl (C=O) groups is 1. The van der Waals surface area contributed by atoms with Crippen molar-refractivity contribution in [3.05, 3.63) is 45.5 Å². The highest BCUT2D eigenvalue weighted by Crippen LogP contribution is 2.29. The number of hydrogen-bond acceptors (Lipinski definition) is 3. The number of pyridine rings is 1. The van der Waals surface area contributed by atoms with E-state index in [-0.39, 0.29) is 23.0 Å². The smallest absolute Gasteiger partial charge is 0.256 e. The number of aryl methyl sites for hydroxylation is 1. The zero-order valence-corrected chi connectivity index (χ0v) is 14.9. The molecule has 5 nitrogen and oxygen atoms in total. The number of rotatable bonds is 7. The van der Waals surface area contributed by atoms with E-state index in [4.69, 9.17) is 0 Å². The molecule has 0 radical (unpaired) electrons. The van der Waals surface area contributed by atoms with Crippen LogP contribution in [0.15, 0.2) is 23.1 Å². The Kier molecular flexibility index (Phi) is 5.95. The topological polar surface area (TPSA) is 82.2 Å². The Balaban J connectivity index is 2.31. The van der Waals surface area contributed by atoms with Gasteiger partial charge in [-0.05, 0) is 49.3 Å². The second-order valence-electron chi connectivity index (χ2n) is 6.54. The summed E-state index contributed by atoms with van der Waals surface area (Å²) < 4.78 is 13.6. The summed E-state index contributed by atoms with van der Waals surface area (Å²) in [4.78, 5) is 28.0. The van der Waals surface area contributed by atoms with Gasteiger partial charge in [0, 0.05) is 24.7 Å². The Morgan fingerprint density at radius 2 is 2.00 bits per heavy atom. The van der Waals surface area contributed by atoms with Gasteiger partial charge in [0.2, 0.25) is 5.43 Å². The van der Waals surface area contributed by atoms with E-state index in [1.807, 2.05) is 13.8 Å². The van der Waals surface area contributed by atoms with E-state index in [0.717, 1.165) is 18.9 Å². The third-order valence-corrected chi connectivity index (χ3v) is 5.16. The molecule has 1 aromatic carbocycles. The number of aromatic amines is 1. The van der Waals surface area contributed by atoms with Crippen LogP contribution in [0.3, 0.4) is 0 Å². The minimum absolute atomic E-state index is 0.0393. The van der Waals surface area contributed by atoms with E-state index in [0.29, 0.717) is 24.0 Å². The minimum Gasteiger partial charge on any atom is -0.396 e. The van der Waals surface area contributed by atoms with Gasteiger partial charge in [-0.15, -0.1) is 0 Å². The second kappa shape index (κ2) is 7.78. The summed E-state index contributed by atoms with van der Waals surface area (Å²) in [7, 11) is 0. The second-order valence-corrected chi connectivity index (χ2v) is 6.54. The lowest BCUT2D eigenvalue weighted by atomic mass is 9.79. The molecule has 3 N–H and O–H groups in total. The summed E-state index contributed by atoms with van der Waals surface area (Å²) in [6.07, 6.45) is 3.57. The van der Waals surface area contributed by atoms with Crippen molar-refractivity contribution in [3.8, 4) is 0 Å². The lowest BCUT2D eigenvalue weighted by molar-refractivity contribution is 0.0906. The molecule has 136 valence electrons. The molecule has 0 aliphatic heterocycles. The number of hydrogen-bond donors (Lipinski definition) is 3. The fourth-order valence-electron chi connectivity index (χ4n) is 3.18. The third kappa shape index (κ3) is 3.90. The molecule has 0 saturated heterocycles. The molecular formula is C19H25FN2O3. The van der Waals surface area contributed by atoms with Gasteiger partial charge in [-0.2, -0.15) is 0 Å². The Morgan fingerprint density at radius 1 is 1.32 bits per heavy atom. The van der Waals surface area contributed by atoms with E-state index in [9.17, 15) is 19.1 Å². The number of nitrogens with one attached hydrogen (secondary N) is 2. The van der Waals surface area contributed by atoms with Crippen LogP contribution in [-0.2, 0) is 0 Å². The number of aliphatic hydroxyl groups excluding tert-OH is 1. The Morgan fingerprint density at radius 3 is 2.60 bits per heavy atom. The van der Waals surface area contributed by atoms with E-state index >= 15 is 0 Å². The fourth-order valence-corrected chi connectivity index (χ4v) is 3.18. The molecule has 2 aromatic rings. The van der Waals surface area contributed by atoms with Crippen LogP contribution in [-0.4, -0.2) is 29.1 Å². The zero-order valence-electron chi connectivity index (χ0n) is 14.9. The summed E-state index contributed by atoms with van der Waals surface area (Å²) in [5.74, 6) is -0.999. The largest absolute Gasteiger partial charge is 0.396 e. The van der Waals surface area contributed by atoms with Gasteiger partial charge in [0.05, 0.1) is 5.52 Å². The normalized spacial score (nSPS) is 11.7. The molecule has 0 saturated carbocycles. The van der Waals surface area contributed by atoms with Crippen molar-refractivity contribution >= 4 is 16.8 Å². The van der Waals surface area contributed by atoms with Crippen molar-refractivity contribution in [2.75, 3.05) is 13.2 Å². The van der Waals surface area contributed by atoms with Crippen LogP contribution >= 0.6 is 0 Å². The SMILES string of the molecule is CCC(CC)(CCO)CNC(=O)c1c[nH]c2c(C)cc(F)cc2c1=O. The molecule has 0 atom stereocenters. The van der Waals surface area contributed by atoms with Crippen LogP contribution in [0, 0.1) is 18.2 Å². The van der Waals surface area contributed by atoms with Crippen molar-refractivity contribution in [1.82, 2.24) is 10.3 Å². The number of benzene rings is 1. The molecule has 1 amide bonds.